The van der Waals surface area contributed by atoms with Gasteiger partial charge in [0.15, 0.2) is 5.76 Å². The number of rotatable bonds is 7. The van der Waals surface area contributed by atoms with E-state index in [0.29, 0.717) is 13.0 Å². The topological polar surface area (TPSA) is 89.2 Å². The van der Waals surface area contributed by atoms with Crippen molar-refractivity contribution in [2.24, 2.45) is 0 Å². The highest BCUT2D eigenvalue weighted by Gasteiger charge is 2.15. The molecule has 7 heteroatoms. The van der Waals surface area contributed by atoms with Crippen LogP contribution in [0.3, 0.4) is 0 Å². The number of carbonyl (C=O) groups excluding carboxylic acids is 2. The predicted molar refractivity (Wildman–Crippen MR) is 119 cm³/mol. The van der Waals surface area contributed by atoms with E-state index in [0.717, 1.165) is 33.7 Å². The minimum Gasteiger partial charge on any atom is -0.459 e. The lowest BCUT2D eigenvalue weighted by Gasteiger charge is -2.12. The summed E-state index contributed by atoms with van der Waals surface area (Å²) in [6.07, 6.45) is 1.95. The first kappa shape index (κ1) is 20.4. The van der Waals surface area contributed by atoms with E-state index in [-0.39, 0.29) is 24.1 Å². The molecule has 0 aliphatic rings. The molecule has 2 heterocycles. The Morgan fingerprint density at radius 3 is 2.71 bits per heavy atom. The van der Waals surface area contributed by atoms with Crippen LogP contribution in [0.1, 0.15) is 27.5 Å². The molecule has 4 rings (SSSR count). The van der Waals surface area contributed by atoms with Crippen LogP contribution >= 0.6 is 0 Å². The second-order valence-corrected chi connectivity index (χ2v) is 7.45. The first-order chi connectivity index (χ1) is 15.0. The predicted octanol–water partition coefficient (Wildman–Crippen LogP) is 3.86. The van der Waals surface area contributed by atoms with Crippen molar-refractivity contribution in [3.8, 4) is 0 Å². The van der Waals surface area contributed by atoms with Crippen LogP contribution in [-0.4, -0.2) is 27.9 Å². The first-order valence-electron chi connectivity index (χ1n) is 10.1. The maximum atomic E-state index is 12.8. The number of furan rings is 1. The third-order valence-corrected chi connectivity index (χ3v) is 5.08. The van der Waals surface area contributed by atoms with Crippen LogP contribution in [0.5, 0.6) is 0 Å². The molecule has 0 fully saturated rings. The van der Waals surface area contributed by atoms with Gasteiger partial charge < -0.3 is 19.6 Å². The van der Waals surface area contributed by atoms with Gasteiger partial charge in [-0.3, -0.25) is 9.59 Å². The third-order valence-electron chi connectivity index (χ3n) is 5.08. The molecule has 0 aliphatic carbocycles. The van der Waals surface area contributed by atoms with E-state index in [1.165, 1.54) is 6.26 Å². The van der Waals surface area contributed by atoms with Gasteiger partial charge in [-0.05, 0) is 55.3 Å². The van der Waals surface area contributed by atoms with Gasteiger partial charge >= 0.3 is 0 Å². The molecule has 0 radical (unpaired) electrons. The molecule has 158 valence electrons. The largest absolute Gasteiger partial charge is 0.459 e. The van der Waals surface area contributed by atoms with Gasteiger partial charge in [-0.25, -0.2) is 4.98 Å². The number of imidazole rings is 1. The van der Waals surface area contributed by atoms with Gasteiger partial charge in [-0.2, -0.15) is 0 Å². The number of para-hydroxylation sites is 2. The molecule has 0 saturated carbocycles. The Morgan fingerprint density at radius 1 is 1.06 bits per heavy atom. The maximum absolute atomic E-state index is 12.8. The standard InChI is InChI=1S/C24H24N4O3/c1-16-9-10-17(2)19(14-16)27-23(29)15-28-20-7-4-3-6-18(20)26-22(28)11-12-25-24(30)21-8-5-13-31-21/h3-10,13-14H,11-12,15H2,1-2H3,(H,25,30)(H,27,29). The van der Waals surface area contributed by atoms with E-state index in [2.05, 4.69) is 15.6 Å². The lowest BCUT2D eigenvalue weighted by molar-refractivity contribution is -0.116. The summed E-state index contributed by atoms with van der Waals surface area (Å²) < 4.78 is 7.01. The van der Waals surface area contributed by atoms with Gasteiger partial charge in [0, 0.05) is 18.7 Å². The second kappa shape index (κ2) is 8.87. The number of hydrogen-bond donors (Lipinski definition) is 2. The van der Waals surface area contributed by atoms with E-state index < -0.39 is 0 Å². The molecular formula is C24H24N4O3. The Balaban J connectivity index is 1.50. The molecule has 31 heavy (non-hydrogen) atoms. The van der Waals surface area contributed by atoms with E-state index in [4.69, 9.17) is 4.42 Å². The summed E-state index contributed by atoms with van der Waals surface area (Å²) in [5.74, 6) is 0.594. The van der Waals surface area contributed by atoms with Crippen molar-refractivity contribution in [1.82, 2.24) is 14.9 Å². The van der Waals surface area contributed by atoms with Crippen LogP contribution in [0, 0.1) is 13.8 Å². The van der Waals surface area contributed by atoms with E-state index in [1.807, 2.05) is 60.9 Å². The summed E-state index contributed by atoms with van der Waals surface area (Å²) >= 11 is 0. The molecule has 2 N–H and O–H groups in total. The molecule has 0 aliphatic heterocycles. The quantitative estimate of drug-likeness (QED) is 0.479. The summed E-state index contributed by atoms with van der Waals surface area (Å²) in [7, 11) is 0. The molecule has 0 spiro atoms. The number of hydrogen-bond acceptors (Lipinski definition) is 4. The minimum absolute atomic E-state index is 0.127. The van der Waals surface area contributed by atoms with Crippen LogP contribution in [0.25, 0.3) is 11.0 Å². The highest BCUT2D eigenvalue weighted by atomic mass is 16.3. The SMILES string of the molecule is Cc1ccc(C)c(NC(=O)Cn2c(CCNC(=O)c3ccco3)nc3ccccc32)c1. The molecule has 4 aromatic rings. The third kappa shape index (κ3) is 4.66. The first-order valence-corrected chi connectivity index (χ1v) is 10.1. The zero-order valence-electron chi connectivity index (χ0n) is 17.5. The molecule has 0 unspecified atom stereocenters. The van der Waals surface area contributed by atoms with Gasteiger partial charge in [-0.15, -0.1) is 0 Å². The average molecular weight is 416 g/mol. The lowest BCUT2D eigenvalue weighted by Crippen LogP contribution is -2.27. The summed E-state index contributed by atoms with van der Waals surface area (Å²) in [6.45, 7) is 4.47. The Morgan fingerprint density at radius 2 is 1.90 bits per heavy atom. The maximum Gasteiger partial charge on any atom is 0.286 e. The van der Waals surface area contributed by atoms with Crippen LogP contribution in [0.15, 0.2) is 65.3 Å². The van der Waals surface area contributed by atoms with Crippen molar-refractivity contribution >= 4 is 28.5 Å². The molecule has 0 saturated heterocycles. The van der Waals surface area contributed by atoms with Crippen LogP contribution in [-0.2, 0) is 17.8 Å². The highest BCUT2D eigenvalue weighted by molar-refractivity contribution is 5.93. The Kier molecular flexibility index (Phi) is 5.84. The van der Waals surface area contributed by atoms with Crippen molar-refractivity contribution in [1.29, 1.82) is 0 Å². The molecule has 0 atom stereocenters. The van der Waals surface area contributed by atoms with Crippen molar-refractivity contribution in [2.45, 2.75) is 26.8 Å². The number of nitrogens with zero attached hydrogens (tertiary/aromatic N) is 2. The van der Waals surface area contributed by atoms with E-state index in [1.54, 1.807) is 12.1 Å². The number of aromatic nitrogens is 2. The zero-order chi connectivity index (χ0) is 21.8. The van der Waals surface area contributed by atoms with Crippen molar-refractivity contribution < 1.29 is 14.0 Å². The minimum atomic E-state index is -0.277. The fraction of sp³-hybridized carbons (Fsp3) is 0.208. The summed E-state index contributed by atoms with van der Waals surface area (Å²) in [6, 6.07) is 16.9. The molecule has 7 nitrogen and oxygen atoms in total. The molecule has 2 aromatic carbocycles. The highest BCUT2D eigenvalue weighted by Crippen LogP contribution is 2.19. The van der Waals surface area contributed by atoms with E-state index in [9.17, 15) is 9.59 Å². The zero-order valence-corrected chi connectivity index (χ0v) is 17.5. The van der Waals surface area contributed by atoms with Crippen LogP contribution < -0.4 is 10.6 Å². The van der Waals surface area contributed by atoms with Crippen molar-refractivity contribution in [2.75, 3.05) is 11.9 Å². The smallest absolute Gasteiger partial charge is 0.286 e. The molecular weight excluding hydrogens is 392 g/mol. The number of amides is 2. The van der Waals surface area contributed by atoms with E-state index >= 15 is 0 Å². The summed E-state index contributed by atoms with van der Waals surface area (Å²) in [5.41, 5.74) is 4.60. The van der Waals surface area contributed by atoms with Crippen molar-refractivity contribution in [3.63, 3.8) is 0 Å². The van der Waals surface area contributed by atoms with Gasteiger partial charge in [0.1, 0.15) is 12.4 Å². The van der Waals surface area contributed by atoms with Crippen LogP contribution in [0.4, 0.5) is 5.69 Å². The lowest BCUT2D eigenvalue weighted by atomic mass is 10.1. The fourth-order valence-electron chi connectivity index (χ4n) is 3.48. The fourth-order valence-corrected chi connectivity index (χ4v) is 3.48. The number of anilines is 1. The number of fused-ring (bicyclic) bond motifs is 1. The van der Waals surface area contributed by atoms with Gasteiger partial charge in [-0.1, -0.05) is 24.3 Å². The van der Waals surface area contributed by atoms with Gasteiger partial charge in [0.05, 0.1) is 17.3 Å². The number of nitrogens with one attached hydrogen (secondary N) is 2. The number of carbonyl (C=O) groups is 2. The second-order valence-electron chi connectivity index (χ2n) is 7.45. The normalized spacial score (nSPS) is 10.9. The molecule has 2 aromatic heterocycles. The molecule has 0 bridgehead atoms. The summed E-state index contributed by atoms with van der Waals surface area (Å²) in [4.78, 5) is 29.6. The summed E-state index contributed by atoms with van der Waals surface area (Å²) in [5, 5.41) is 5.83. The Bertz CT molecular complexity index is 1230. The van der Waals surface area contributed by atoms with Gasteiger partial charge in [0.2, 0.25) is 5.91 Å². The van der Waals surface area contributed by atoms with Crippen LogP contribution in [0.2, 0.25) is 0 Å². The average Bonchev–Trinajstić information content (AvgIpc) is 3.40. The molecule has 2 amide bonds. The Labute approximate surface area is 180 Å². The number of benzene rings is 2. The van der Waals surface area contributed by atoms with Crippen molar-refractivity contribution in [3.05, 3.63) is 83.6 Å². The van der Waals surface area contributed by atoms with Gasteiger partial charge in [0.25, 0.3) is 5.91 Å². The Hall–Kier alpha value is -3.87. The number of aryl methyl sites for hydroxylation is 2. The monoisotopic (exact) mass is 416 g/mol.